The summed E-state index contributed by atoms with van der Waals surface area (Å²) in [6, 6.07) is 8.62. The van der Waals surface area contributed by atoms with Crippen molar-refractivity contribution in [2.24, 2.45) is 7.05 Å². The zero-order chi connectivity index (χ0) is 15.6. The summed E-state index contributed by atoms with van der Waals surface area (Å²) in [6.07, 6.45) is 0.444. The topological polar surface area (TPSA) is 39.1 Å². The highest BCUT2D eigenvalue weighted by Crippen LogP contribution is 2.17. The number of aromatic nitrogens is 1. The van der Waals surface area contributed by atoms with Gasteiger partial charge < -0.3 is 4.57 Å². The van der Waals surface area contributed by atoms with Crippen molar-refractivity contribution >= 4 is 23.2 Å². The lowest BCUT2D eigenvalue weighted by molar-refractivity contribution is 0.0917. The van der Waals surface area contributed by atoms with Gasteiger partial charge in [0.1, 0.15) is 0 Å². The number of rotatable bonds is 5. The van der Waals surface area contributed by atoms with Gasteiger partial charge in [-0.1, -0.05) is 11.6 Å². The van der Waals surface area contributed by atoms with Gasteiger partial charge in [-0.15, -0.1) is 0 Å². The molecule has 0 aliphatic rings. The van der Waals surface area contributed by atoms with Gasteiger partial charge in [0.05, 0.1) is 0 Å². The normalized spacial score (nSPS) is 10.7. The molecule has 0 atom stereocenters. The van der Waals surface area contributed by atoms with Crippen LogP contribution >= 0.6 is 11.6 Å². The number of hydrogen-bond donors (Lipinski definition) is 0. The molecule has 0 saturated carbocycles. The summed E-state index contributed by atoms with van der Waals surface area (Å²) < 4.78 is 1.98. The lowest BCUT2D eigenvalue weighted by Crippen LogP contribution is -2.06. The maximum atomic E-state index is 12.2. The van der Waals surface area contributed by atoms with Crippen molar-refractivity contribution in [1.82, 2.24) is 4.57 Å². The molecule has 0 fully saturated rings. The summed E-state index contributed by atoms with van der Waals surface area (Å²) in [4.78, 5) is 24.3. The standard InChI is InChI=1S/C17H18ClNO2/c1-11-10-15(12(2)19(11)3)17(21)9-8-16(20)13-4-6-14(18)7-5-13/h4-7,10H,8-9H2,1-3H3. The predicted octanol–water partition coefficient (Wildman–Crippen LogP) is 4.14. The Morgan fingerprint density at radius 3 is 2.14 bits per heavy atom. The van der Waals surface area contributed by atoms with Crippen molar-refractivity contribution in [3.05, 3.63) is 57.9 Å². The molecule has 3 nitrogen and oxygen atoms in total. The molecule has 4 heteroatoms. The zero-order valence-corrected chi connectivity index (χ0v) is 13.2. The fraction of sp³-hybridized carbons (Fsp3) is 0.294. The van der Waals surface area contributed by atoms with Crippen molar-refractivity contribution in [3.8, 4) is 0 Å². The fourth-order valence-electron chi connectivity index (χ4n) is 2.28. The minimum absolute atomic E-state index is 0.0125. The monoisotopic (exact) mass is 303 g/mol. The summed E-state index contributed by atoms with van der Waals surface area (Å²) in [5, 5.41) is 0.595. The van der Waals surface area contributed by atoms with E-state index >= 15 is 0 Å². The van der Waals surface area contributed by atoms with Crippen LogP contribution in [0.1, 0.15) is 44.9 Å². The van der Waals surface area contributed by atoms with Crippen LogP contribution in [-0.4, -0.2) is 16.1 Å². The van der Waals surface area contributed by atoms with Gasteiger partial charge in [-0.05, 0) is 44.2 Å². The minimum Gasteiger partial charge on any atom is -0.351 e. The number of nitrogens with zero attached hydrogens (tertiary/aromatic N) is 1. The molecule has 0 aliphatic heterocycles. The first-order valence-electron chi connectivity index (χ1n) is 6.85. The van der Waals surface area contributed by atoms with E-state index in [2.05, 4.69) is 0 Å². The molecule has 110 valence electrons. The van der Waals surface area contributed by atoms with E-state index in [0.29, 0.717) is 16.1 Å². The highest BCUT2D eigenvalue weighted by atomic mass is 35.5. The van der Waals surface area contributed by atoms with Crippen molar-refractivity contribution in [2.75, 3.05) is 0 Å². The van der Waals surface area contributed by atoms with Gasteiger partial charge in [-0.2, -0.15) is 0 Å². The van der Waals surface area contributed by atoms with Crippen molar-refractivity contribution in [2.45, 2.75) is 26.7 Å². The van der Waals surface area contributed by atoms with Crippen molar-refractivity contribution in [1.29, 1.82) is 0 Å². The number of carbonyl (C=O) groups is 2. The van der Waals surface area contributed by atoms with Gasteiger partial charge in [0.2, 0.25) is 0 Å². The Hall–Kier alpha value is -1.87. The first-order valence-corrected chi connectivity index (χ1v) is 7.23. The molecule has 0 spiro atoms. The Labute approximate surface area is 129 Å². The van der Waals surface area contributed by atoms with Gasteiger partial charge in [-0.25, -0.2) is 0 Å². The van der Waals surface area contributed by atoms with E-state index in [0.717, 1.165) is 11.4 Å². The van der Waals surface area contributed by atoms with Crippen LogP contribution in [0.4, 0.5) is 0 Å². The van der Waals surface area contributed by atoms with Gasteiger partial charge in [-0.3, -0.25) is 9.59 Å². The van der Waals surface area contributed by atoms with Crippen LogP contribution in [0.3, 0.4) is 0 Å². The molecule has 2 aromatic rings. The summed E-state index contributed by atoms with van der Waals surface area (Å²) in [5.41, 5.74) is 3.28. The van der Waals surface area contributed by atoms with Crippen LogP contribution in [0, 0.1) is 13.8 Å². The molecule has 1 aromatic heterocycles. The Morgan fingerprint density at radius 1 is 1.05 bits per heavy atom. The summed E-state index contributed by atoms with van der Waals surface area (Å²) in [5.74, 6) is -0.0242. The predicted molar refractivity (Wildman–Crippen MR) is 84.2 cm³/mol. The minimum atomic E-state index is -0.0367. The Bertz CT molecular complexity index is 684. The maximum absolute atomic E-state index is 12.2. The van der Waals surface area contributed by atoms with E-state index in [1.54, 1.807) is 24.3 Å². The van der Waals surface area contributed by atoms with Crippen LogP contribution in [0.5, 0.6) is 0 Å². The second kappa shape index (κ2) is 6.27. The zero-order valence-electron chi connectivity index (χ0n) is 12.4. The molecular weight excluding hydrogens is 286 g/mol. The maximum Gasteiger partial charge on any atom is 0.165 e. The lowest BCUT2D eigenvalue weighted by Gasteiger charge is -2.03. The number of halogens is 1. The molecule has 0 unspecified atom stereocenters. The summed E-state index contributed by atoms with van der Waals surface area (Å²) in [6.45, 7) is 3.88. The molecule has 0 amide bonds. The average Bonchev–Trinajstić information content (AvgIpc) is 2.73. The fourth-order valence-corrected chi connectivity index (χ4v) is 2.41. The van der Waals surface area contributed by atoms with Crippen LogP contribution in [0.25, 0.3) is 0 Å². The van der Waals surface area contributed by atoms with Crippen LogP contribution in [-0.2, 0) is 7.05 Å². The summed E-state index contributed by atoms with van der Waals surface area (Å²) >= 11 is 5.79. The molecule has 1 heterocycles. The molecule has 2 rings (SSSR count). The number of aryl methyl sites for hydroxylation is 1. The van der Waals surface area contributed by atoms with Crippen LogP contribution in [0.2, 0.25) is 5.02 Å². The smallest absolute Gasteiger partial charge is 0.165 e. The largest absolute Gasteiger partial charge is 0.351 e. The number of carbonyl (C=O) groups excluding carboxylic acids is 2. The third-order valence-electron chi connectivity index (χ3n) is 3.82. The molecule has 0 saturated heterocycles. The number of hydrogen-bond acceptors (Lipinski definition) is 2. The third kappa shape index (κ3) is 3.42. The Balaban J connectivity index is 2.02. The molecule has 1 aromatic carbocycles. The highest BCUT2D eigenvalue weighted by molar-refractivity contribution is 6.30. The molecule has 0 aliphatic carbocycles. The molecule has 0 bridgehead atoms. The van der Waals surface area contributed by atoms with Gasteiger partial charge in [0, 0.05) is 47.4 Å². The molecule has 0 N–H and O–H groups in total. The van der Waals surface area contributed by atoms with Crippen LogP contribution in [0.15, 0.2) is 30.3 Å². The second-order valence-electron chi connectivity index (χ2n) is 5.20. The van der Waals surface area contributed by atoms with E-state index < -0.39 is 0 Å². The number of benzene rings is 1. The Morgan fingerprint density at radius 2 is 1.62 bits per heavy atom. The quantitative estimate of drug-likeness (QED) is 0.779. The van der Waals surface area contributed by atoms with Crippen LogP contribution < -0.4 is 0 Å². The van der Waals surface area contributed by atoms with Gasteiger partial charge in [0.25, 0.3) is 0 Å². The molecule has 21 heavy (non-hydrogen) atoms. The third-order valence-corrected chi connectivity index (χ3v) is 4.07. The van der Waals surface area contributed by atoms with Gasteiger partial charge >= 0.3 is 0 Å². The number of ketones is 2. The second-order valence-corrected chi connectivity index (χ2v) is 5.63. The highest BCUT2D eigenvalue weighted by Gasteiger charge is 2.15. The van der Waals surface area contributed by atoms with Gasteiger partial charge in [0.15, 0.2) is 11.6 Å². The lowest BCUT2D eigenvalue weighted by atomic mass is 10.0. The first-order chi connectivity index (χ1) is 9.90. The van der Waals surface area contributed by atoms with E-state index in [1.165, 1.54) is 0 Å². The molecular formula is C17H18ClNO2. The van der Waals surface area contributed by atoms with E-state index in [1.807, 2.05) is 31.5 Å². The van der Waals surface area contributed by atoms with E-state index in [-0.39, 0.29) is 24.4 Å². The SMILES string of the molecule is Cc1cc(C(=O)CCC(=O)c2ccc(Cl)cc2)c(C)n1C. The number of Topliss-reactive ketones (excluding diaryl/α,β-unsaturated/α-hetero) is 2. The molecule has 0 radical (unpaired) electrons. The Kier molecular flexibility index (Phi) is 4.63. The van der Waals surface area contributed by atoms with Crippen molar-refractivity contribution in [3.63, 3.8) is 0 Å². The first kappa shape index (κ1) is 15.5. The van der Waals surface area contributed by atoms with E-state index in [9.17, 15) is 9.59 Å². The van der Waals surface area contributed by atoms with Crippen molar-refractivity contribution < 1.29 is 9.59 Å². The van der Waals surface area contributed by atoms with E-state index in [4.69, 9.17) is 11.6 Å². The average molecular weight is 304 g/mol. The summed E-state index contributed by atoms with van der Waals surface area (Å²) in [7, 11) is 1.93.